The third-order valence-corrected chi connectivity index (χ3v) is 7.07. The standard InChI is InChI=1S/C25H23ClN4OS/c26-24-9-8-23(32-24)22-15-20(19-6-1-2-7-21(19)29-22)25(31)28-17-10-13-30(14-11-17)16-18-5-3-4-12-27-18/h1-9,12,15,17H,10-11,13-14,16H2,(H,28,31). The molecule has 4 heterocycles. The van der Waals surface area contributed by atoms with Gasteiger partial charge in [0.1, 0.15) is 0 Å². The molecule has 0 bridgehead atoms. The molecule has 3 aromatic heterocycles. The minimum absolute atomic E-state index is 0.0457. The van der Waals surface area contributed by atoms with Crippen LogP contribution in [0.5, 0.6) is 0 Å². The number of rotatable bonds is 5. The number of likely N-dealkylation sites (tertiary alicyclic amines) is 1. The number of para-hydroxylation sites is 1. The van der Waals surface area contributed by atoms with E-state index in [0.717, 1.165) is 59.6 Å². The van der Waals surface area contributed by atoms with Crippen LogP contribution in [0.4, 0.5) is 0 Å². The Labute approximate surface area is 196 Å². The summed E-state index contributed by atoms with van der Waals surface area (Å²) in [4.78, 5) is 25.8. The van der Waals surface area contributed by atoms with Gasteiger partial charge in [-0.25, -0.2) is 4.98 Å². The summed E-state index contributed by atoms with van der Waals surface area (Å²) in [5.41, 5.74) is 3.33. The number of aromatic nitrogens is 2. The van der Waals surface area contributed by atoms with Gasteiger partial charge in [0.15, 0.2) is 0 Å². The van der Waals surface area contributed by atoms with Crippen molar-refractivity contribution in [3.63, 3.8) is 0 Å². The molecule has 5 nitrogen and oxygen atoms in total. The molecule has 1 aromatic carbocycles. The highest BCUT2D eigenvalue weighted by Crippen LogP contribution is 2.32. The number of carbonyl (C=O) groups excluding carboxylic acids is 1. The van der Waals surface area contributed by atoms with Crippen molar-refractivity contribution >= 4 is 39.7 Å². The maximum atomic E-state index is 13.3. The number of amides is 1. The van der Waals surface area contributed by atoms with Crippen LogP contribution in [0.15, 0.2) is 66.9 Å². The van der Waals surface area contributed by atoms with Gasteiger partial charge in [0.25, 0.3) is 5.91 Å². The minimum atomic E-state index is -0.0457. The van der Waals surface area contributed by atoms with E-state index in [4.69, 9.17) is 16.6 Å². The molecule has 0 saturated carbocycles. The van der Waals surface area contributed by atoms with Crippen LogP contribution in [-0.2, 0) is 6.54 Å². The van der Waals surface area contributed by atoms with Crippen LogP contribution in [0.1, 0.15) is 28.9 Å². The number of hydrogen-bond acceptors (Lipinski definition) is 5. The Balaban J connectivity index is 1.31. The van der Waals surface area contributed by atoms with Crippen molar-refractivity contribution in [2.45, 2.75) is 25.4 Å². The zero-order valence-electron chi connectivity index (χ0n) is 17.5. The molecule has 1 fully saturated rings. The summed E-state index contributed by atoms with van der Waals surface area (Å²) in [6.45, 7) is 2.73. The van der Waals surface area contributed by atoms with Gasteiger partial charge in [0, 0.05) is 37.3 Å². The second kappa shape index (κ2) is 9.36. The topological polar surface area (TPSA) is 58.1 Å². The van der Waals surface area contributed by atoms with Gasteiger partial charge >= 0.3 is 0 Å². The maximum Gasteiger partial charge on any atom is 0.252 e. The molecule has 1 N–H and O–H groups in total. The number of thiophene rings is 1. The highest BCUT2D eigenvalue weighted by atomic mass is 35.5. The lowest BCUT2D eigenvalue weighted by molar-refractivity contribution is 0.0910. The third kappa shape index (κ3) is 4.67. The van der Waals surface area contributed by atoms with Crippen LogP contribution >= 0.6 is 22.9 Å². The first-order valence-corrected chi connectivity index (χ1v) is 11.9. The normalized spacial score (nSPS) is 15.2. The number of benzene rings is 1. The Kier molecular flexibility index (Phi) is 6.17. The van der Waals surface area contributed by atoms with Crippen LogP contribution in [0, 0.1) is 0 Å². The van der Waals surface area contributed by atoms with Crippen molar-refractivity contribution in [2.24, 2.45) is 0 Å². The van der Waals surface area contributed by atoms with Crippen LogP contribution in [0.3, 0.4) is 0 Å². The van der Waals surface area contributed by atoms with Crippen molar-refractivity contribution in [1.82, 2.24) is 20.2 Å². The van der Waals surface area contributed by atoms with Crippen molar-refractivity contribution < 1.29 is 4.79 Å². The summed E-state index contributed by atoms with van der Waals surface area (Å²) in [6.07, 6.45) is 3.68. The first-order chi connectivity index (χ1) is 15.7. The lowest BCUT2D eigenvalue weighted by Crippen LogP contribution is -2.44. The quantitative estimate of drug-likeness (QED) is 0.431. The minimum Gasteiger partial charge on any atom is -0.349 e. The Bertz CT molecular complexity index is 1240. The molecule has 7 heteroatoms. The number of nitrogens with one attached hydrogen (secondary N) is 1. The fraction of sp³-hybridized carbons (Fsp3) is 0.240. The van der Waals surface area contributed by atoms with Gasteiger partial charge in [-0.1, -0.05) is 35.9 Å². The van der Waals surface area contributed by atoms with E-state index in [1.165, 1.54) is 11.3 Å². The molecular weight excluding hydrogens is 440 g/mol. The molecule has 1 amide bonds. The lowest BCUT2D eigenvalue weighted by Gasteiger charge is -2.32. The van der Waals surface area contributed by atoms with E-state index in [-0.39, 0.29) is 11.9 Å². The van der Waals surface area contributed by atoms with Crippen molar-refractivity contribution in [1.29, 1.82) is 0 Å². The molecule has 1 saturated heterocycles. The van der Waals surface area contributed by atoms with Crippen LogP contribution in [0.2, 0.25) is 4.34 Å². The Morgan fingerprint density at radius 2 is 1.91 bits per heavy atom. The average molecular weight is 463 g/mol. The number of pyridine rings is 2. The van der Waals surface area contributed by atoms with Gasteiger partial charge in [-0.3, -0.25) is 14.7 Å². The lowest BCUT2D eigenvalue weighted by atomic mass is 10.0. The molecule has 0 radical (unpaired) electrons. The summed E-state index contributed by atoms with van der Waals surface area (Å²) < 4.78 is 0.707. The van der Waals surface area contributed by atoms with Gasteiger partial charge in [-0.05, 0) is 49.2 Å². The molecule has 32 heavy (non-hydrogen) atoms. The van der Waals surface area contributed by atoms with Crippen LogP contribution < -0.4 is 5.32 Å². The molecule has 162 valence electrons. The largest absolute Gasteiger partial charge is 0.349 e. The number of hydrogen-bond donors (Lipinski definition) is 1. The summed E-state index contributed by atoms with van der Waals surface area (Å²) >= 11 is 7.59. The number of piperidine rings is 1. The Morgan fingerprint density at radius 1 is 1.09 bits per heavy atom. The smallest absolute Gasteiger partial charge is 0.252 e. The predicted octanol–water partition coefficient (Wildman–Crippen LogP) is 5.41. The van der Waals surface area contributed by atoms with Crippen LogP contribution in [0.25, 0.3) is 21.5 Å². The number of halogens is 1. The molecule has 1 aliphatic heterocycles. The van der Waals surface area contributed by atoms with Crippen LogP contribution in [-0.4, -0.2) is 39.9 Å². The van der Waals surface area contributed by atoms with Gasteiger partial charge < -0.3 is 5.32 Å². The van der Waals surface area contributed by atoms with E-state index >= 15 is 0 Å². The molecule has 0 aliphatic carbocycles. The molecule has 0 atom stereocenters. The molecule has 0 spiro atoms. The van der Waals surface area contributed by atoms with E-state index < -0.39 is 0 Å². The zero-order valence-corrected chi connectivity index (χ0v) is 19.1. The monoisotopic (exact) mass is 462 g/mol. The van der Waals surface area contributed by atoms with E-state index in [1.54, 1.807) is 0 Å². The highest BCUT2D eigenvalue weighted by molar-refractivity contribution is 7.19. The number of carbonyl (C=O) groups is 1. The molecule has 0 unspecified atom stereocenters. The summed E-state index contributed by atoms with van der Waals surface area (Å²) in [6, 6.07) is 19.7. The Hall–Kier alpha value is -2.80. The maximum absolute atomic E-state index is 13.3. The molecule has 5 rings (SSSR count). The van der Waals surface area contributed by atoms with E-state index in [9.17, 15) is 4.79 Å². The van der Waals surface area contributed by atoms with Crippen molar-refractivity contribution in [3.8, 4) is 10.6 Å². The molecular formula is C25H23ClN4OS. The van der Waals surface area contributed by atoms with E-state index in [0.29, 0.717) is 9.90 Å². The first kappa shape index (κ1) is 21.1. The van der Waals surface area contributed by atoms with Gasteiger partial charge in [0.05, 0.1) is 31.7 Å². The summed E-state index contributed by atoms with van der Waals surface area (Å²) in [7, 11) is 0. The molecule has 4 aromatic rings. The first-order valence-electron chi connectivity index (χ1n) is 10.7. The predicted molar refractivity (Wildman–Crippen MR) is 130 cm³/mol. The fourth-order valence-electron chi connectivity index (χ4n) is 4.16. The van der Waals surface area contributed by atoms with E-state index in [2.05, 4.69) is 21.3 Å². The van der Waals surface area contributed by atoms with E-state index in [1.807, 2.05) is 60.8 Å². The number of fused-ring (bicyclic) bond motifs is 1. The van der Waals surface area contributed by atoms with Gasteiger partial charge in [0.2, 0.25) is 0 Å². The van der Waals surface area contributed by atoms with Gasteiger partial charge in [-0.2, -0.15) is 0 Å². The third-order valence-electron chi connectivity index (χ3n) is 5.82. The van der Waals surface area contributed by atoms with Crippen molar-refractivity contribution in [3.05, 3.63) is 82.5 Å². The second-order valence-electron chi connectivity index (χ2n) is 8.02. The summed E-state index contributed by atoms with van der Waals surface area (Å²) in [5.74, 6) is -0.0457. The van der Waals surface area contributed by atoms with Gasteiger partial charge in [-0.15, -0.1) is 11.3 Å². The zero-order chi connectivity index (χ0) is 21.9. The molecule has 1 aliphatic rings. The SMILES string of the molecule is O=C(NC1CCN(Cc2ccccn2)CC1)c1cc(-c2ccc(Cl)s2)nc2ccccc12. The average Bonchev–Trinajstić information content (AvgIpc) is 3.26. The number of nitrogens with zero attached hydrogens (tertiary/aromatic N) is 3. The highest BCUT2D eigenvalue weighted by Gasteiger charge is 2.23. The summed E-state index contributed by atoms with van der Waals surface area (Å²) in [5, 5.41) is 4.13. The Morgan fingerprint density at radius 3 is 2.66 bits per heavy atom. The second-order valence-corrected chi connectivity index (χ2v) is 9.74. The fourth-order valence-corrected chi connectivity index (χ4v) is 5.16. The van der Waals surface area contributed by atoms with Crippen molar-refractivity contribution in [2.75, 3.05) is 13.1 Å².